The summed E-state index contributed by atoms with van der Waals surface area (Å²) in [6, 6.07) is 0. The monoisotopic (exact) mass is 336 g/mol. The van der Waals surface area contributed by atoms with E-state index in [4.69, 9.17) is 0 Å². The number of hydrogen-bond acceptors (Lipinski definition) is 5. The van der Waals surface area contributed by atoms with Crippen molar-refractivity contribution >= 4 is 17.7 Å². The van der Waals surface area contributed by atoms with Crippen molar-refractivity contribution in [2.24, 2.45) is 5.92 Å². The summed E-state index contributed by atoms with van der Waals surface area (Å²) in [4.78, 5) is 19.0. The Morgan fingerprint density at radius 2 is 2.30 bits per heavy atom. The second-order valence-electron chi connectivity index (χ2n) is 6.99. The maximum atomic E-state index is 12.6. The van der Waals surface area contributed by atoms with Crippen LogP contribution in [0.15, 0.2) is 11.4 Å². The Labute approximate surface area is 140 Å². The molecule has 126 valence electrons. The molecule has 2 aliphatic heterocycles. The zero-order chi connectivity index (χ0) is 15.9. The van der Waals surface area contributed by atoms with Crippen LogP contribution in [0.1, 0.15) is 31.4 Å². The third-order valence-electron chi connectivity index (χ3n) is 4.96. The number of carbonyl (C=O) groups is 1. The molecule has 4 rings (SSSR count). The molecule has 1 amide bonds. The molecule has 1 saturated carbocycles. The molecule has 0 bridgehead atoms. The van der Waals surface area contributed by atoms with E-state index in [2.05, 4.69) is 21.1 Å². The molecule has 2 fully saturated rings. The number of amides is 1. The number of carbonyl (C=O) groups excluding carboxylic acids is 1. The minimum absolute atomic E-state index is 0.0916. The molecule has 3 heterocycles. The zero-order valence-electron chi connectivity index (χ0n) is 13.3. The van der Waals surface area contributed by atoms with Crippen LogP contribution in [0.3, 0.4) is 0 Å². The maximum Gasteiger partial charge on any atom is 0.255 e. The van der Waals surface area contributed by atoms with Crippen LogP contribution >= 0.6 is 11.8 Å². The summed E-state index contributed by atoms with van der Waals surface area (Å²) < 4.78 is 2.17. The molecule has 1 aliphatic carbocycles. The number of aliphatic hydroxyl groups is 1. The van der Waals surface area contributed by atoms with Crippen molar-refractivity contribution < 1.29 is 9.90 Å². The van der Waals surface area contributed by atoms with Crippen LogP contribution < -0.4 is 5.32 Å². The van der Waals surface area contributed by atoms with Crippen LogP contribution in [-0.2, 0) is 17.9 Å². The molecule has 1 saturated heterocycles. The first-order chi connectivity index (χ1) is 11.1. The Morgan fingerprint density at radius 1 is 1.43 bits per heavy atom. The highest BCUT2D eigenvalue weighted by atomic mass is 32.2. The molecule has 23 heavy (non-hydrogen) atoms. The molecule has 3 aliphatic rings. The highest BCUT2D eigenvalue weighted by Gasteiger charge is 2.43. The molecule has 2 N–H and O–H groups in total. The Balaban J connectivity index is 1.32. The van der Waals surface area contributed by atoms with Crippen molar-refractivity contribution in [1.82, 2.24) is 19.8 Å². The lowest BCUT2D eigenvalue weighted by Crippen LogP contribution is -2.58. The summed E-state index contributed by atoms with van der Waals surface area (Å²) in [5, 5.41) is 15.1. The van der Waals surface area contributed by atoms with Crippen molar-refractivity contribution in [3.05, 3.63) is 11.9 Å². The minimum atomic E-state index is -1.25. The van der Waals surface area contributed by atoms with Gasteiger partial charge in [0.25, 0.3) is 5.91 Å². The lowest BCUT2D eigenvalue weighted by atomic mass is 9.91. The number of likely N-dealkylation sites (tertiary alicyclic amines) is 1. The number of hydrogen-bond donors (Lipinski definition) is 2. The van der Waals surface area contributed by atoms with E-state index in [-0.39, 0.29) is 5.91 Å². The normalized spacial score (nSPS) is 27.5. The van der Waals surface area contributed by atoms with E-state index in [0.29, 0.717) is 25.4 Å². The van der Waals surface area contributed by atoms with Gasteiger partial charge in [0.05, 0.1) is 5.69 Å². The first kappa shape index (κ1) is 15.5. The smallest absolute Gasteiger partial charge is 0.255 e. The van der Waals surface area contributed by atoms with Gasteiger partial charge in [0.1, 0.15) is 0 Å². The Morgan fingerprint density at radius 3 is 3.09 bits per heavy atom. The Hall–Kier alpha value is -1.05. The van der Waals surface area contributed by atoms with Gasteiger partial charge in [-0.2, -0.15) is 0 Å². The van der Waals surface area contributed by atoms with Gasteiger partial charge in [-0.1, -0.05) is 11.8 Å². The van der Waals surface area contributed by atoms with Crippen LogP contribution in [0.25, 0.3) is 0 Å². The highest BCUT2D eigenvalue weighted by Crippen LogP contribution is 2.32. The largest absolute Gasteiger partial charge is 0.379 e. The van der Waals surface area contributed by atoms with Gasteiger partial charge in [-0.25, -0.2) is 4.98 Å². The standard InChI is InChI=1S/C16H24N4O2S/c21-14-16(22,4-1-5-19(14)9-12-2-3-12)11-17-8-13-10-20-6-7-23-15(20)18-13/h10,12,17,22H,1-9,11H2. The van der Waals surface area contributed by atoms with E-state index in [1.165, 1.54) is 12.8 Å². The van der Waals surface area contributed by atoms with Gasteiger partial charge in [0.15, 0.2) is 10.8 Å². The van der Waals surface area contributed by atoms with Crippen molar-refractivity contribution in [3.8, 4) is 0 Å². The van der Waals surface area contributed by atoms with Gasteiger partial charge in [0.2, 0.25) is 0 Å². The molecule has 0 aromatic carbocycles. The third-order valence-corrected chi connectivity index (χ3v) is 5.93. The van der Waals surface area contributed by atoms with Crippen molar-refractivity contribution in [2.75, 3.05) is 25.4 Å². The van der Waals surface area contributed by atoms with Crippen molar-refractivity contribution in [3.63, 3.8) is 0 Å². The Kier molecular flexibility index (Phi) is 4.11. The van der Waals surface area contributed by atoms with Crippen LogP contribution in [-0.4, -0.2) is 56.5 Å². The topological polar surface area (TPSA) is 70.4 Å². The summed E-state index contributed by atoms with van der Waals surface area (Å²) >= 11 is 1.78. The summed E-state index contributed by atoms with van der Waals surface area (Å²) in [7, 11) is 0. The number of fused-ring (bicyclic) bond motifs is 1. The second-order valence-corrected chi connectivity index (χ2v) is 8.05. The van der Waals surface area contributed by atoms with Gasteiger partial charge >= 0.3 is 0 Å². The predicted molar refractivity (Wildman–Crippen MR) is 88.1 cm³/mol. The van der Waals surface area contributed by atoms with Gasteiger partial charge in [-0.15, -0.1) is 0 Å². The number of rotatable bonds is 6. The van der Waals surface area contributed by atoms with Gasteiger partial charge < -0.3 is 19.9 Å². The molecule has 6 nitrogen and oxygen atoms in total. The van der Waals surface area contributed by atoms with E-state index >= 15 is 0 Å². The molecule has 1 atom stereocenters. The van der Waals surface area contributed by atoms with Crippen LogP contribution in [0.4, 0.5) is 0 Å². The van der Waals surface area contributed by atoms with Crippen molar-refractivity contribution in [2.45, 2.75) is 49.5 Å². The van der Waals surface area contributed by atoms with E-state index in [1.807, 2.05) is 4.90 Å². The van der Waals surface area contributed by atoms with Crippen LogP contribution in [0.5, 0.6) is 0 Å². The van der Waals surface area contributed by atoms with E-state index in [0.717, 1.165) is 42.7 Å². The van der Waals surface area contributed by atoms with Gasteiger partial charge in [-0.05, 0) is 31.6 Å². The summed E-state index contributed by atoms with van der Waals surface area (Å²) in [6.45, 7) is 3.54. The number of aryl methyl sites for hydroxylation is 1. The SMILES string of the molecule is O=C1N(CC2CC2)CCCC1(O)CNCc1cn2c(n1)SCC2. The molecular formula is C16H24N4O2S. The average molecular weight is 336 g/mol. The molecule has 0 spiro atoms. The first-order valence-electron chi connectivity index (χ1n) is 8.55. The molecular weight excluding hydrogens is 312 g/mol. The lowest BCUT2D eigenvalue weighted by Gasteiger charge is -2.38. The van der Waals surface area contributed by atoms with Crippen LogP contribution in [0.2, 0.25) is 0 Å². The summed E-state index contributed by atoms with van der Waals surface area (Å²) in [5.41, 5.74) is -0.265. The maximum absolute atomic E-state index is 12.6. The lowest BCUT2D eigenvalue weighted by molar-refractivity contribution is -0.156. The highest BCUT2D eigenvalue weighted by molar-refractivity contribution is 7.99. The number of piperidine rings is 1. The fourth-order valence-electron chi connectivity index (χ4n) is 3.46. The van der Waals surface area contributed by atoms with Gasteiger partial charge in [-0.3, -0.25) is 4.79 Å². The summed E-state index contributed by atoms with van der Waals surface area (Å²) in [6.07, 6.45) is 5.95. The number of nitrogens with zero attached hydrogens (tertiary/aromatic N) is 3. The predicted octanol–water partition coefficient (Wildman–Crippen LogP) is 0.842. The fourth-order valence-corrected chi connectivity index (χ4v) is 4.42. The average Bonchev–Trinajstić information content (AvgIpc) is 3.09. The Bertz CT molecular complexity index is 579. The van der Waals surface area contributed by atoms with E-state index < -0.39 is 5.60 Å². The summed E-state index contributed by atoms with van der Waals surface area (Å²) in [5.74, 6) is 1.67. The fraction of sp³-hybridized carbons (Fsp3) is 0.750. The number of aromatic nitrogens is 2. The molecule has 1 unspecified atom stereocenters. The van der Waals surface area contributed by atoms with Gasteiger partial charge in [0, 0.05) is 44.7 Å². The number of nitrogens with one attached hydrogen (secondary N) is 1. The van der Waals surface area contributed by atoms with Crippen LogP contribution in [0, 0.1) is 5.92 Å². The molecule has 1 aromatic rings. The quantitative estimate of drug-likeness (QED) is 0.806. The molecule has 1 aromatic heterocycles. The molecule has 0 radical (unpaired) electrons. The minimum Gasteiger partial charge on any atom is -0.379 e. The first-order valence-corrected chi connectivity index (χ1v) is 9.54. The molecule has 7 heteroatoms. The zero-order valence-corrected chi connectivity index (χ0v) is 14.1. The van der Waals surface area contributed by atoms with E-state index in [1.54, 1.807) is 11.8 Å². The van der Waals surface area contributed by atoms with E-state index in [9.17, 15) is 9.90 Å². The number of thioether (sulfide) groups is 1. The second kappa shape index (κ2) is 6.11. The number of imidazole rings is 1. The van der Waals surface area contributed by atoms with Crippen molar-refractivity contribution in [1.29, 1.82) is 0 Å². The third kappa shape index (κ3) is 3.27.